The molecule has 3 rings (SSSR count). The fraction of sp³-hybridized carbons (Fsp3) is 0.429. The normalized spacial score (nSPS) is 27.3. The molecule has 0 aliphatic carbocycles. The predicted octanol–water partition coefficient (Wildman–Crippen LogP) is 1.26. The van der Waals surface area contributed by atoms with E-state index in [1.807, 2.05) is 0 Å². The van der Waals surface area contributed by atoms with Gasteiger partial charge in [0.15, 0.2) is 0 Å². The molecule has 3 atom stereocenters. The van der Waals surface area contributed by atoms with Gasteiger partial charge in [0.1, 0.15) is 0 Å². The smallest absolute Gasteiger partial charge is 0.316 e. The highest BCUT2D eigenvalue weighted by atomic mass is 16.2. The molecule has 2 bridgehead atoms. The molecule has 3 unspecified atom stereocenters. The number of fused-ring (bicyclic) bond motifs is 2. The molecule has 1 aromatic carbocycles. The lowest BCUT2D eigenvalue weighted by atomic mass is 9.88. The molecule has 0 aromatic heterocycles. The molecular weight excluding hydrogens is 256 g/mol. The molecule has 2 heterocycles. The molecule has 2 aliphatic rings. The van der Waals surface area contributed by atoms with Crippen molar-refractivity contribution < 1.29 is 9.59 Å². The standard InChI is InChI=1S/C14H18N4O2/c15-14(20)18-9-3-1-8(2-4-9)17-13(19)11-7-10-5-6-12(11)16-10/h1-4,10-12,16H,5-7H2,(H,17,19)(H3,15,18,20). The van der Waals surface area contributed by atoms with Crippen LogP contribution in [0.2, 0.25) is 0 Å². The summed E-state index contributed by atoms with van der Waals surface area (Å²) in [5.41, 5.74) is 6.37. The first-order chi connectivity index (χ1) is 9.61. The van der Waals surface area contributed by atoms with E-state index in [0.29, 0.717) is 17.8 Å². The predicted molar refractivity (Wildman–Crippen MR) is 76.3 cm³/mol. The van der Waals surface area contributed by atoms with Crippen LogP contribution in [0.15, 0.2) is 24.3 Å². The molecule has 6 heteroatoms. The van der Waals surface area contributed by atoms with Gasteiger partial charge in [0.2, 0.25) is 5.91 Å². The maximum absolute atomic E-state index is 12.2. The summed E-state index contributed by atoms with van der Waals surface area (Å²) in [7, 11) is 0. The number of carbonyl (C=O) groups is 2. The zero-order chi connectivity index (χ0) is 14.1. The third kappa shape index (κ3) is 2.60. The van der Waals surface area contributed by atoms with E-state index in [9.17, 15) is 9.59 Å². The van der Waals surface area contributed by atoms with Crippen LogP contribution in [0, 0.1) is 5.92 Å². The van der Waals surface area contributed by atoms with Crippen LogP contribution in [0.4, 0.5) is 16.2 Å². The van der Waals surface area contributed by atoms with Gasteiger partial charge in [-0.25, -0.2) is 4.79 Å². The number of hydrogen-bond acceptors (Lipinski definition) is 3. The Balaban J connectivity index is 1.60. The van der Waals surface area contributed by atoms with Gasteiger partial charge in [-0.05, 0) is 43.5 Å². The van der Waals surface area contributed by atoms with Crippen molar-refractivity contribution in [2.75, 3.05) is 10.6 Å². The highest BCUT2D eigenvalue weighted by Crippen LogP contribution is 2.33. The number of anilines is 2. The molecule has 1 aromatic rings. The molecule has 2 fully saturated rings. The molecule has 106 valence electrons. The molecule has 6 nitrogen and oxygen atoms in total. The molecule has 3 amide bonds. The minimum atomic E-state index is -0.602. The van der Waals surface area contributed by atoms with Gasteiger partial charge < -0.3 is 21.7 Å². The van der Waals surface area contributed by atoms with Gasteiger partial charge in [0, 0.05) is 23.5 Å². The third-order valence-electron chi connectivity index (χ3n) is 4.06. The lowest BCUT2D eigenvalue weighted by molar-refractivity contribution is -0.120. The topological polar surface area (TPSA) is 96.2 Å². The average Bonchev–Trinajstić information content (AvgIpc) is 3.03. The summed E-state index contributed by atoms with van der Waals surface area (Å²) < 4.78 is 0. The van der Waals surface area contributed by atoms with Crippen LogP contribution in [0.1, 0.15) is 19.3 Å². The summed E-state index contributed by atoms with van der Waals surface area (Å²) in [4.78, 5) is 22.9. The Hall–Kier alpha value is -2.08. The van der Waals surface area contributed by atoms with Gasteiger partial charge in [-0.1, -0.05) is 0 Å². The Morgan fingerprint density at radius 3 is 2.25 bits per heavy atom. The van der Waals surface area contributed by atoms with Crippen molar-refractivity contribution in [2.24, 2.45) is 11.7 Å². The van der Waals surface area contributed by atoms with Crippen molar-refractivity contribution in [3.05, 3.63) is 24.3 Å². The zero-order valence-electron chi connectivity index (χ0n) is 11.1. The summed E-state index contributed by atoms with van der Waals surface area (Å²) in [6, 6.07) is 7.16. The molecule has 0 radical (unpaired) electrons. The third-order valence-corrected chi connectivity index (χ3v) is 4.06. The average molecular weight is 274 g/mol. The molecule has 2 aliphatic heterocycles. The minimum Gasteiger partial charge on any atom is -0.351 e. The number of amides is 3. The molecular formula is C14H18N4O2. The van der Waals surface area contributed by atoms with E-state index in [-0.39, 0.29) is 11.8 Å². The number of hydrogen-bond donors (Lipinski definition) is 4. The van der Waals surface area contributed by atoms with Crippen LogP contribution in [0.5, 0.6) is 0 Å². The Morgan fingerprint density at radius 1 is 1.10 bits per heavy atom. The Kier molecular flexibility index (Phi) is 3.31. The van der Waals surface area contributed by atoms with Gasteiger partial charge in [0.05, 0.1) is 5.92 Å². The maximum Gasteiger partial charge on any atom is 0.316 e. The number of primary amides is 1. The van der Waals surface area contributed by atoms with Crippen LogP contribution >= 0.6 is 0 Å². The minimum absolute atomic E-state index is 0.0668. The van der Waals surface area contributed by atoms with E-state index in [2.05, 4.69) is 16.0 Å². The number of carbonyl (C=O) groups excluding carboxylic acids is 2. The molecule has 2 saturated heterocycles. The van der Waals surface area contributed by atoms with Crippen molar-refractivity contribution in [3.63, 3.8) is 0 Å². The summed E-state index contributed by atoms with van der Waals surface area (Å²) in [5, 5.41) is 8.86. The van der Waals surface area contributed by atoms with E-state index in [1.165, 1.54) is 6.42 Å². The van der Waals surface area contributed by atoms with Crippen molar-refractivity contribution in [1.82, 2.24) is 5.32 Å². The van der Waals surface area contributed by atoms with Crippen LogP contribution in [-0.4, -0.2) is 24.0 Å². The van der Waals surface area contributed by atoms with Crippen molar-refractivity contribution in [2.45, 2.75) is 31.3 Å². The zero-order valence-corrected chi connectivity index (χ0v) is 11.1. The number of rotatable bonds is 3. The number of benzene rings is 1. The Morgan fingerprint density at radius 2 is 1.75 bits per heavy atom. The quantitative estimate of drug-likeness (QED) is 0.668. The van der Waals surface area contributed by atoms with Crippen molar-refractivity contribution in [1.29, 1.82) is 0 Å². The fourth-order valence-electron chi connectivity index (χ4n) is 3.13. The van der Waals surface area contributed by atoms with Crippen molar-refractivity contribution in [3.8, 4) is 0 Å². The molecule has 5 N–H and O–H groups in total. The Bertz CT molecular complexity index is 528. The van der Waals surface area contributed by atoms with Crippen LogP contribution in [0.25, 0.3) is 0 Å². The fourth-order valence-corrected chi connectivity index (χ4v) is 3.13. The lowest BCUT2D eigenvalue weighted by Gasteiger charge is -2.19. The summed E-state index contributed by atoms with van der Waals surface area (Å²) in [6.45, 7) is 0. The first kappa shape index (κ1) is 12.9. The lowest BCUT2D eigenvalue weighted by Crippen LogP contribution is -2.32. The summed E-state index contributed by atoms with van der Waals surface area (Å²) in [6.07, 6.45) is 3.20. The number of nitrogens with one attached hydrogen (secondary N) is 3. The monoisotopic (exact) mass is 274 g/mol. The first-order valence-electron chi connectivity index (χ1n) is 6.85. The SMILES string of the molecule is NC(=O)Nc1ccc(NC(=O)C2CC3CCC2N3)cc1. The van der Waals surface area contributed by atoms with Gasteiger partial charge in [-0.3, -0.25) is 4.79 Å². The van der Waals surface area contributed by atoms with Gasteiger partial charge >= 0.3 is 6.03 Å². The van der Waals surface area contributed by atoms with E-state index in [4.69, 9.17) is 5.73 Å². The largest absolute Gasteiger partial charge is 0.351 e. The van der Waals surface area contributed by atoms with Gasteiger partial charge in [0.25, 0.3) is 0 Å². The second-order valence-corrected chi connectivity index (χ2v) is 5.45. The Labute approximate surface area is 117 Å². The number of urea groups is 1. The van der Waals surface area contributed by atoms with Gasteiger partial charge in [-0.2, -0.15) is 0 Å². The highest BCUT2D eigenvalue weighted by Gasteiger charge is 2.42. The van der Waals surface area contributed by atoms with Gasteiger partial charge in [-0.15, -0.1) is 0 Å². The highest BCUT2D eigenvalue weighted by molar-refractivity contribution is 5.94. The van der Waals surface area contributed by atoms with Crippen LogP contribution in [-0.2, 0) is 4.79 Å². The van der Waals surface area contributed by atoms with E-state index < -0.39 is 6.03 Å². The van der Waals surface area contributed by atoms with E-state index in [1.54, 1.807) is 24.3 Å². The first-order valence-corrected chi connectivity index (χ1v) is 6.85. The second kappa shape index (κ2) is 5.13. The maximum atomic E-state index is 12.2. The van der Waals surface area contributed by atoms with Crippen molar-refractivity contribution >= 4 is 23.3 Å². The van der Waals surface area contributed by atoms with Crippen LogP contribution in [0.3, 0.4) is 0 Å². The molecule has 0 spiro atoms. The molecule has 0 saturated carbocycles. The van der Waals surface area contributed by atoms with Crippen LogP contribution < -0.4 is 21.7 Å². The summed E-state index contributed by atoms with van der Waals surface area (Å²) in [5.74, 6) is 0.137. The van der Waals surface area contributed by atoms with E-state index in [0.717, 1.165) is 18.5 Å². The summed E-state index contributed by atoms with van der Waals surface area (Å²) >= 11 is 0. The van der Waals surface area contributed by atoms with E-state index >= 15 is 0 Å². The second-order valence-electron chi connectivity index (χ2n) is 5.45. The molecule has 20 heavy (non-hydrogen) atoms. The number of nitrogens with two attached hydrogens (primary N) is 1.